The lowest BCUT2D eigenvalue weighted by Crippen LogP contribution is -2.37. The number of benzene rings is 1. The number of carbonyl (C=O) groups excluding carboxylic acids is 1. The third kappa shape index (κ3) is 3.54. The molecule has 0 fully saturated rings. The number of thioether (sulfide) groups is 1. The van der Waals surface area contributed by atoms with E-state index >= 15 is 0 Å². The maximum Gasteiger partial charge on any atom is 0.236 e. The highest BCUT2D eigenvalue weighted by molar-refractivity contribution is 7.98. The highest BCUT2D eigenvalue weighted by Crippen LogP contribution is 2.21. The van der Waals surface area contributed by atoms with E-state index in [0.717, 1.165) is 5.56 Å². The van der Waals surface area contributed by atoms with Crippen LogP contribution in [0, 0.1) is 6.92 Å². The van der Waals surface area contributed by atoms with Crippen LogP contribution in [0.15, 0.2) is 23.1 Å². The van der Waals surface area contributed by atoms with Gasteiger partial charge in [-0.05, 0) is 37.3 Å². The standard InChI is InChI=1S/C12H18N2OS/c1-8-4-5-10(11(6-8)16-3)7-14-12(15)9(2)13/h4-6,9H,7,13H2,1-3H3,(H,14,15)/t9-/m1/s1. The zero-order valence-electron chi connectivity index (χ0n) is 9.91. The first-order valence-electron chi connectivity index (χ1n) is 5.21. The van der Waals surface area contributed by atoms with Crippen molar-refractivity contribution < 1.29 is 4.79 Å². The lowest BCUT2D eigenvalue weighted by atomic mass is 10.1. The molecule has 0 aliphatic rings. The molecule has 1 rings (SSSR count). The van der Waals surface area contributed by atoms with Crippen molar-refractivity contribution in [3.05, 3.63) is 29.3 Å². The van der Waals surface area contributed by atoms with Gasteiger partial charge in [0.05, 0.1) is 6.04 Å². The van der Waals surface area contributed by atoms with E-state index in [2.05, 4.69) is 18.3 Å². The molecule has 0 aliphatic carbocycles. The van der Waals surface area contributed by atoms with Crippen molar-refractivity contribution in [1.82, 2.24) is 5.32 Å². The topological polar surface area (TPSA) is 55.1 Å². The molecule has 0 saturated heterocycles. The maximum absolute atomic E-state index is 11.3. The Kier molecular flexibility index (Phi) is 4.83. The summed E-state index contributed by atoms with van der Waals surface area (Å²) in [5.41, 5.74) is 7.84. The van der Waals surface area contributed by atoms with Gasteiger partial charge in [0, 0.05) is 11.4 Å². The largest absolute Gasteiger partial charge is 0.351 e. The highest BCUT2D eigenvalue weighted by Gasteiger charge is 2.08. The Morgan fingerprint density at radius 3 is 2.81 bits per heavy atom. The zero-order chi connectivity index (χ0) is 12.1. The van der Waals surface area contributed by atoms with Crippen LogP contribution in [0.4, 0.5) is 0 Å². The minimum absolute atomic E-state index is 0.118. The Labute approximate surface area is 101 Å². The van der Waals surface area contributed by atoms with E-state index in [1.165, 1.54) is 10.5 Å². The quantitative estimate of drug-likeness (QED) is 0.785. The number of hydrogen-bond acceptors (Lipinski definition) is 3. The summed E-state index contributed by atoms with van der Waals surface area (Å²) in [5, 5.41) is 2.82. The van der Waals surface area contributed by atoms with Crippen molar-refractivity contribution in [3.8, 4) is 0 Å². The van der Waals surface area contributed by atoms with Crippen LogP contribution in [0.25, 0.3) is 0 Å². The first kappa shape index (κ1) is 13.1. The van der Waals surface area contributed by atoms with Crippen LogP contribution in [0.5, 0.6) is 0 Å². The van der Waals surface area contributed by atoms with E-state index in [0.29, 0.717) is 6.54 Å². The molecule has 0 radical (unpaired) electrons. The summed E-state index contributed by atoms with van der Waals surface area (Å²) in [6.45, 7) is 4.28. The second-order valence-corrected chi connectivity index (χ2v) is 4.67. The Morgan fingerprint density at radius 1 is 1.56 bits per heavy atom. The molecule has 88 valence electrons. The SMILES string of the molecule is CSc1cc(C)ccc1CNC(=O)[C@@H](C)N. The monoisotopic (exact) mass is 238 g/mol. The summed E-state index contributed by atoms with van der Waals surface area (Å²) in [5.74, 6) is -0.118. The second-order valence-electron chi connectivity index (χ2n) is 3.82. The third-order valence-corrected chi connectivity index (χ3v) is 3.13. The predicted molar refractivity (Wildman–Crippen MR) is 68.5 cm³/mol. The van der Waals surface area contributed by atoms with Crippen LogP contribution < -0.4 is 11.1 Å². The fourth-order valence-electron chi connectivity index (χ4n) is 1.34. The van der Waals surface area contributed by atoms with Crippen LogP contribution in [0.2, 0.25) is 0 Å². The van der Waals surface area contributed by atoms with E-state index in [-0.39, 0.29) is 5.91 Å². The minimum atomic E-state index is -0.455. The van der Waals surface area contributed by atoms with Gasteiger partial charge >= 0.3 is 0 Å². The van der Waals surface area contributed by atoms with Gasteiger partial charge in [-0.2, -0.15) is 0 Å². The van der Waals surface area contributed by atoms with E-state index in [1.54, 1.807) is 18.7 Å². The lowest BCUT2D eigenvalue weighted by molar-refractivity contribution is -0.122. The first-order chi connectivity index (χ1) is 7.54. The molecular formula is C12H18N2OS. The van der Waals surface area contributed by atoms with E-state index in [9.17, 15) is 4.79 Å². The average Bonchev–Trinajstić information content (AvgIpc) is 2.26. The second kappa shape index (κ2) is 5.92. The first-order valence-corrected chi connectivity index (χ1v) is 6.44. The van der Waals surface area contributed by atoms with Crippen LogP contribution in [-0.4, -0.2) is 18.2 Å². The number of nitrogens with one attached hydrogen (secondary N) is 1. The molecule has 4 heteroatoms. The number of nitrogens with two attached hydrogens (primary N) is 1. The van der Waals surface area contributed by atoms with Crippen LogP contribution in [0.3, 0.4) is 0 Å². The molecule has 0 saturated carbocycles. The number of rotatable bonds is 4. The molecule has 0 heterocycles. The summed E-state index contributed by atoms with van der Waals surface area (Å²) >= 11 is 1.69. The summed E-state index contributed by atoms with van der Waals surface area (Å²) in [7, 11) is 0. The molecule has 0 spiro atoms. The summed E-state index contributed by atoms with van der Waals surface area (Å²) in [6.07, 6.45) is 2.03. The van der Waals surface area contributed by atoms with Crippen LogP contribution in [-0.2, 0) is 11.3 Å². The Bertz CT molecular complexity index is 377. The van der Waals surface area contributed by atoms with Gasteiger partial charge in [0.1, 0.15) is 0 Å². The minimum Gasteiger partial charge on any atom is -0.351 e. The fourth-order valence-corrected chi connectivity index (χ4v) is 2.05. The van der Waals surface area contributed by atoms with Gasteiger partial charge in [0.25, 0.3) is 0 Å². The van der Waals surface area contributed by atoms with Crippen molar-refractivity contribution in [2.24, 2.45) is 5.73 Å². The smallest absolute Gasteiger partial charge is 0.236 e. The maximum atomic E-state index is 11.3. The molecule has 1 atom stereocenters. The molecular weight excluding hydrogens is 220 g/mol. The molecule has 3 nitrogen and oxygen atoms in total. The van der Waals surface area contributed by atoms with Gasteiger partial charge in [0.15, 0.2) is 0 Å². The Balaban J connectivity index is 2.70. The number of hydrogen-bond donors (Lipinski definition) is 2. The van der Waals surface area contributed by atoms with Crippen LogP contribution in [0.1, 0.15) is 18.1 Å². The Hall–Kier alpha value is -1.00. The molecule has 0 bridgehead atoms. The van der Waals surface area contributed by atoms with Crippen molar-refractivity contribution >= 4 is 17.7 Å². The Morgan fingerprint density at radius 2 is 2.25 bits per heavy atom. The van der Waals surface area contributed by atoms with Crippen molar-refractivity contribution in [2.45, 2.75) is 31.3 Å². The van der Waals surface area contributed by atoms with Gasteiger partial charge in [-0.1, -0.05) is 12.1 Å². The molecule has 1 amide bonds. The molecule has 0 aliphatic heterocycles. The summed E-state index contributed by atoms with van der Waals surface area (Å²) in [4.78, 5) is 12.5. The van der Waals surface area contributed by atoms with Gasteiger partial charge < -0.3 is 11.1 Å². The lowest BCUT2D eigenvalue weighted by Gasteiger charge is -2.11. The van der Waals surface area contributed by atoms with E-state index in [1.807, 2.05) is 18.4 Å². The van der Waals surface area contributed by atoms with Gasteiger partial charge in [0.2, 0.25) is 5.91 Å². The van der Waals surface area contributed by atoms with Crippen molar-refractivity contribution in [2.75, 3.05) is 6.26 Å². The molecule has 16 heavy (non-hydrogen) atoms. The van der Waals surface area contributed by atoms with Crippen molar-refractivity contribution in [3.63, 3.8) is 0 Å². The predicted octanol–water partition coefficient (Wildman–Crippen LogP) is 1.68. The fraction of sp³-hybridized carbons (Fsp3) is 0.417. The molecule has 0 unspecified atom stereocenters. The number of aryl methyl sites for hydroxylation is 1. The molecule has 3 N–H and O–H groups in total. The molecule has 1 aromatic rings. The molecule has 0 aromatic heterocycles. The summed E-state index contributed by atoms with van der Waals surface area (Å²) < 4.78 is 0. The third-order valence-electron chi connectivity index (χ3n) is 2.31. The van der Waals surface area contributed by atoms with Crippen LogP contribution >= 0.6 is 11.8 Å². The average molecular weight is 238 g/mol. The number of amides is 1. The van der Waals surface area contributed by atoms with E-state index < -0.39 is 6.04 Å². The van der Waals surface area contributed by atoms with Gasteiger partial charge in [-0.3, -0.25) is 4.79 Å². The summed E-state index contributed by atoms with van der Waals surface area (Å²) in [6, 6.07) is 5.76. The molecule has 1 aromatic carbocycles. The van der Waals surface area contributed by atoms with Gasteiger partial charge in [-0.15, -0.1) is 11.8 Å². The van der Waals surface area contributed by atoms with Gasteiger partial charge in [-0.25, -0.2) is 0 Å². The van der Waals surface area contributed by atoms with Crippen molar-refractivity contribution in [1.29, 1.82) is 0 Å². The van der Waals surface area contributed by atoms with E-state index in [4.69, 9.17) is 5.73 Å². The highest BCUT2D eigenvalue weighted by atomic mass is 32.2. The number of carbonyl (C=O) groups is 1. The zero-order valence-corrected chi connectivity index (χ0v) is 10.7. The normalized spacial score (nSPS) is 12.2.